The topological polar surface area (TPSA) is 96.7 Å². The molecule has 2 aliphatic rings. The Hall–Kier alpha value is -2.42. The lowest BCUT2D eigenvalue weighted by Gasteiger charge is -2.32. The molecule has 0 saturated carbocycles. The lowest BCUT2D eigenvalue weighted by Crippen LogP contribution is -2.44. The zero-order valence-electron chi connectivity index (χ0n) is 18.4. The van der Waals surface area contributed by atoms with Crippen LogP contribution in [0.15, 0.2) is 6.20 Å². The quantitative estimate of drug-likeness (QED) is 0.775. The molecule has 0 aliphatic carbocycles. The number of carbonyl (C=O) groups is 1. The van der Waals surface area contributed by atoms with Crippen LogP contribution >= 0.6 is 0 Å². The molecule has 164 valence electrons. The molecule has 0 unspecified atom stereocenters. The number of aromatic nitrogens is 4. The standard InChI is InChI=1S/C21H33N7O2/c1-13(2)17-12-23-20-19(25-18(14(3)4)26-28(17)20)24-15-6-9-27(10-7-15)21(29)30-16-5-8-22-11-16/h12-16,22H,5-11H2,1-4H3,(H,24,25,26)/t16-/m0/s1. The average molecular weight is 416 g/mol. The third kappa shape index (κ3) is 4.35. The van der Waals surface area contributed by atoms with E-state index in [1.54, 1.807) is 0 Å². The summed E-state index contributed by atoms with van der Waals surface area (Å²) in [4.78, 5) is 23.6. The normalized spacial score (nSPS) is 20.5. The van der Waals surface area contributed by atoms with Crippen LogP contribution in [0.2, 0.25) is 0 Å². The molecule has 0 spiro atoms. The van der Waals surface area contributed by atoms with Crippen LogP contribution in [0.25, 0.3) is 5.65 Å². The number of nitrogens with one attached hydrogen (secondary N) is 2. The lowest BCUT2D eigenvalue weighted by atomic mass is 10.1. The maximum Gasteiger partial charge on any atom is 0.410 e. The minimum absolute atomic E-state index is 0.00713. The van der Waals surface area contributed by atoms with Crippen molar-refractivity contribution in [2.45, 2.75) is 70.9 Å². The van der Waals surface area contributed by atoms with Crippen LogP contribution in [-0.4, -0.2) is 68.9 Å². The van der Waals surface area contributed by atoms with Crippen molar-refractivity contribution in [3.8, 4) is 0 Å². The largest absolute Gasteiger partial charge is 0.445 e. The average Bonchev–Trinajstić information content (AvgIpc) is 3.38. The second-order valence-electron chi connectivity index (χ2n) is 8.95. The number of ether oxygens (including phenoxy) is 1. The summed E-state index contributed by atoms with van der Waals surface area (Å²) >= 11 is 0. The van der Waals surface area contributed by atoms with Gasteiger partial charge in [0.05, 0.1) is 11.9 Å². The van der Waals surface area contributed by atoms with Crippen molar-refractivity contribution in [3.05, 3.63) is 17.7 Å². The SMILES string of the molecule is CC(C)c1nc(NC2CCN(C(=O)O[C@H]3CCNC3)CC2)c2ncc(C(C)C)n2n1. The summed E-state index contributed by atoms with van der Waals surface area (Å²) in [6, 6.07) is 0.236. The zero-order valence-corrected chi connectivity index (χ0v) is 18.4. The summed E-state index contributed by atoms with van der Waals surface area (Å²) in [5.41, 5.74) is 1.84. The highest BCUT2D eigenvalue weighted by Gasteiger charge is 2.28. The smallest absolute Gasteiger partial charge is 0.410 e. The fraction of sp³-hybridized carbons (Fsp3) is 0.714. The summed E-state index contributed by atoms with van der Waals surface area (Å²) < 4.78 is 7.53. The van der Waals surface area contributed by atoms with Gasteiger partial charge in [-0.05, 0) is 31.7 Å². The Morgan fingerprint density at radius 3 is 2.60 bits per heavy atom. The summed E-state index contributed by atoms with van der Waals surface area (Å²) in [7, 11) is 0. The van der Waals surface area contributed by atoms with Gasteiger partial charge >= 0.3 is 6.09 Å². The van der Waals surface area contributed by atoms with Gasteiger partial charge in [0.2, 0.25) is 0 Å². The molecule has 0 radical (unpaired) electrons. The molecule has 30 heavy (non-hydrogen) atoms. The van der Waals surface area contributed by atoms with Crippen molar-refractivity contribution in [3.63, 3.8) is 0 Å². The van der Waals surface area contributed by atoms with Gasteiger partial charge in [-0.25, -0.2) is 19.3 Å². The van der Waals surface area contributed by atoms with Crippen molar-refractivity contribution in [2.24, 2.45) is 0 Å². The molecule has 1 amide bonds. The summed E-state index contributed by atoms with van der Waals surface area (Å²) in [5.74, 6) is 2.13. The predicted octanol–water partition coefficient (Wildman–Crippen LogP) is 2.75. The van der Waals surface area contributed by atoms with Crippen molar-refractivity contribution >= 4 is 17.6 Å². The number of carbonyl (C=O) groups excluding carboxylic acids is 1. The van der Waals surface area contributed by atoms with Gasteiger partial charge in [0.25, 0.3) is 0 Å². The third-order valence-corrected chi connectivity index (χ3v) is 5.89. The first-order valence-electron chi connectivity index (χ1n) is 11.1. The van der Waals surface area contributed by atoms with Gasteiger partial charge in [-0.15, -0.1) is 0 Å². The van der Waals surface area contributed by atoms with Gasteiger partial charge in [-0.3, -0.25) is 0 Å². The third-order valence-electron chi connectivity index (χ3n) is 5.89. The van der Waals surface area contributed by atoms with E-state index >= 15 is 0 Å². The number of nitrogens with zero attached hydrogens (tertiary/aromatic N) is 5. The molecule has 2 saturated heterocycles. The first-order chi connectivity index (χ1) is 14.4. The van der Waals surface area contributed by atoms with Crippen molar-refractivity contribution in [1.29, 1.82) is 0 Å². The van der Waals surface area contributed by atoms with Crippen LogP contribution in [0.1, 0.15) is 70.3 Å². The van der Waals surface area contributed by atoms with E-state index in [0.29, 0.717) is 19.0 Å². The molecule has 2 aromatic rings. The Labute approximate surface area is 177 Å². The van der Waals surface area contributed by atoms with Crippen LogP contribution in [0.5, 0.6) is 0 Å². The zero-order chi connectivity index (χ0) is 21.3. The van der Waals surface area contributed by atoms with Gasteiger partial charge in [0.15, 0.2) is 17.3 Å². The number of likely N-dealkylation sites (tertiary alicyclic amines) is 1. The van der Waals surface area contributed by atoms with Gasteiger partial charge in [0.1, 0.15) is 6.10 Å². The Balaban J connectivity index is 1.44. The van der Waals surface area contributed by atoms with Crippen LogP contribution in [0, 0.1) is 0 Å². The highest BCUT2D eigenvalue weighted by atomic mass is 16.6. The molecule has 4 heterocycles. The molecule has 9 heteroatoms. The molecule has 0 bridgehead atoms. The fourth-order valence-electron chi connectivity index (χ4n) is 4.00. The fourth-order valence-corrected chi connectivity index (χ4v) is 4.00. The Bertz CT molecular complexity index is 881. The molecule has 2 fully saturated rings. The van der Waals surface area contributed by atoms with E-state index in [1.807, 2.05) is 15.6 Å². The Morgan fingerprint density at radius 2 is 1.97 bits per heavy atom. The van der Waals surface area contributed by atoms with Gasteiger partial charge in [0, 0.05) is 31.6 Å². The van der Waals surface area contributed by atoms with Crippen LogP contribution in [0.3, 0.4) is 0 Å². The van der Waals surface area contributed by atoms with Gasteiger partial charge in [-0.1, -0.05) is 27.7 Å². The van der Waals surface area contributed by atoms with Crippen molar-refractivity contribution in [2.75, 3.05) is 31.5 Å². The first-order valence-corrected chi connectivity index (χ1v) is 11.1. The Kier molecular flexibility index (Phi) is 6.08. The number of imidazole rings is 1. The molecular formula is C21H33N7O2. The molecule has 0 aromatic carbocycles. The minimum atomic E-state index is -0.191. The summed E-state index contributed by atoms with van der Waals surface area (Å²) in [5, 5.41) is 11.5. The number of anilines is 1. The number of hydrogen-bond acceptors (Lipinski definition) is 7. The number of hydrogen-bond donors (Lipinski definition) is 2. The van der Waals surface area contributed by atoms with Gasteiger partial charge < -0.3 is 20.3 Å². The van der Waals surface area contributed by atoms with Crippen molar-refractivity contribution < 1.29 is 9.53 Å². The van der Waals surface area contributed by atoms with E-state index in [0.717, 1.165) is 55.3 Å². The first kappa shape index (κ1) is 20.8. The molecule has 9 nitrogen and oxygen atoms in total. The summed E-state index contributed by atoms with van der Waals surface area (Å²) in [6.45, 7) is 11.5. The Morgan fingerprint density at radius 1 is 1.20 bits per heavy atom. The molecule has 4 rings (SSSR count). The minimum Gasteiger partial charge on any atom is -0.445 e. The molecular weight excluding hydrogens is 382 g/mol. The van der Waals surface area contributed by atoms with E-state index in [1.165, 1.54) is 0 Å². The number of amides is 1. The van der Waals surface area contributed by atoms with E-state index in [2.05, 4.69) is 43.3 Å². The monoisotopic (exact) mass is 415 g/mol. The second-order valence-corrected chi connectivity index (χ2v) is 8.95. The molecule has 2 aromatic heterocycles. The van der Waals surface area contributed by atoms with E-state index in [4.69, 9.17) is 14.8 Å². The molecule has 1 atom stereocenters. The van der Waals surface area contributed by atoms with Crippen LogP contribution in [0.4, 0.5) is 10.6 Å². The molecule has 2 N–H and O–H groups in total. The van der Waals surface area contributed by atoms with Crippen LogP contribution in [-0.2, 0) is 4.74 Å². The number of fused-ring (bicyclic) bond motifs is 1. The lowest BCUT2D eigenvalue weighted by molar-refractivity contribution is 0.0641. The number of piperidine rings is 1. The van der Waals surface area contributed by atoms with E-state index in [9.17, 15) is 4.79 Å². The number of rotatable bonds is 5. The van der Waals surface area contributed by atoms with E-state index < -0.39 is 0 Å². The highest BCUT2D eigenvalue weighted by Crippen LogP contribution is 2.24. The van der Waals surface area contributed by atoms with Gasteiger partial charge in [-0.2, -0.15) is 5.10 Å². The predicted molar refractivity (Wildman–Crippen MR) is 115 cm³/mol. The van der Waals surface area contributed by atoms with E-state index in [-0.39, 0.29) is 24.2 Å². The maximum atomic E-state index is 12.4. The highest BCUT2D eigenvalue weighted by molar-refractivity contribution is 5.68. The maximum absolute atomic E-state index is 12.4. The second kappa shape index (κ2) is 8.75. The summed E-state index contributed by atoms with van der Waals surface area (Å²) in [6.07, 6.45) is 4.30. The van der Waals surface area contributed by atoms with Crippen molar-refractivity contribution in [1.82, 2.24) is 29.8 Å². The molecule has 2 aliphatic heterocycles. The van der Waals surface area contributed by atoms with Crippen LogP contribution < -0.4 is 10.6 Å².